The van der Waals surface area contributed by atoms with Gasteiger partial charge in [-0.25, -0.2) is 9.97 Å². The Morgan fingerprint density at radius 1 is 1.47 bits per heavy atom. The van der Waals surface area contributed by atoms with Crippen LogP contribution in [-0.2, 0) is 11.2 Å². The maximum atomic E-state index is 10.7. The van der Waals surface area contributed by atoms with Crippen LogP contribution in [0.25, 0.3) is 0 Å². The van der Waals surface area contributed by atoms with E-state index in [1.54, 1.807) is 16.7 Å². The quantitative estimate of drug-likeness (QED) is 0.879. The van der Waals surface area contributed by atoms with E-state index in [0.717, 1.165) is 15.7 Å². The fourth-order valence-electron chi connectivity index (χ4n) is 1.32. The number of aromatic nitrogens is 2. The van der Waals surface area contributed by atoms with Gasteiger partial charge in [-0.1, -0.05) is 0 Å². The predicted molar refractivity (Wildman–Crippen MR) is 66.3 cm³/mol. The Balaban J connectivity index is 2.11. The van der Waals surface area contributed by atoms with Crippen LogP contribution in [0.1, 0.15) is 27.4 Å². The standard InChI is InChI=1S/C10H11N3O2S2/c1-5-12-6(3-16-5)2-8-13-7(4-17-8)9(11)10(14)15/h3-4,9H,2,11H2,1H3,(H,14,15). The number of nitrogens with zero attached hydrogens (tertiary/aromatic N) is 2. The zero-order valence-electron chi connectivity index (χ0n) is 9.08. The molecule has 1 atom stereocenters. The number of nitrogens with two attached hydrogens (primary N) is 1. The molecule has 3 N–H and O–H groups in total. The minimum absolute atomic E-state index is 0.407. The van der Waals surface area contributed by atoms with E-state index < -0.39 is 12.0 Å². The Morgan fingerprint density at radius 2 is 2.24 bits per heavy atom. The molecule has 0 aliphatic carbocycles. The SMILES string of the molecule is Cc1nc(Cc2nc(C(N)C(=O)O)cs2)cs1. The molecule has 0 amide bonds. The molecule has 0 spiro atoms. The van der Waals surface area contributed by atoms with Crippen LogP contribution < -0.4 is 5.73 Å². The van der Waals surface area contributed by atoms with Gasteiger partial charge in [-0.05, 0) is 6.92 Å². The molecule has 5 nitrogen and oxygen atoms in total. The molecule has 90 valence electrons. The second kappa shape index (κ2) is 4.91. The Morgan fingerprint density at radius 3 is 2.82 bits per heavy atom. The zero-order valence-corrected chi connectivity index (χ0v) is 10.7. The van der Waals surface area contributed by atoms with Crippen LogP contribution in [0, 0.1) is 6.92 Å². The molecule has 1 unspecified atom stereocenters. The lowest BCUT2D eigenvalue weighted by atomic mass is 10.2. The van der Waals surface area contributed by atoms with E-state index in [1.165, 1.54) is 11.3 Å². The van der Waals surface area contributed by atoms with Gasteiger partial charge in [0.05, 0.1) is 21.4 Å². The summed E-state index contributed by atoms with van der Waals surface area (Å²) < 4.78 is 0. The van der Waals surface area contributed by atoms with Crippen molar-refractivity contribution < 1.29 is 9.90 Å². The largest absolute Gasteiger partial charge is 0.480 e. The fraction of sp³-hybridized carbons (Fsp3) is 0.300. The van der Waals surface area contributed by atoms with Gasteiger partial charge in [0.1, 0.15) is 6.04 Å². The first-order chi connectivity index (χ1) is 8.06. The monoisotopic (exact) mass is 269 g/mol. The first-order valence-electron chi connectivity index (χ1n) is 4.90. The van der Waals surface area contributed by atoms with E-state index in [0.29, 0.717) is 12.1 Å². The van der Waals surface area contributed by atoms with Crippen molar-refractivity contribution in [2.45, 2.75) is 19.4 Å². The maximum absolute atomic E-state index is 10.7. The van der Waals surface area contributed by atoms with Gasteiger partial charge < -0.3 is 10.8 Å². The second-order valence-electron chi connectivity index (χ2n) is 3.52. The summed E-state index contributed by atoms with van der Waals surface area (Å²) in [5.74, 6) is -1.06. The smallest absolute Gasteiger partial charge is 0.326 e. The molecular weight excluding hydrogens is 258 g/mol. The summed E-state index contributed by atoms with van der Waals surface area (Å²) >= 11 is 3.00. The highest BCUT2D eigenvalue weighted by atomic mass is 32.1. The molecule has 0 aromatic carbocycles. The zero-order chi connectivity index (χ0) is 12.4. The van der Waals surface area contributed by atoms with E-state index in [1.807, 2.05) is 12.3 Å². The third kappa shape index (κ3) is 2.87. The minimum atomic E-state index is -1.06. The Hall–Kier alpha value is -1.31. The van der Waals surface area contributed by atoms with Crippen molar-refractivity contribution in [3.8, 4) is 0 Å². The van der Waals surface area contributed by atoms with Crippen molar-refractivity contribution in [3.05, 3.63) is 32.2 Å². The number of hydrogen-bond donors (Lipinski definition) is 2. The van der Waals surface area contributed by atoms with Crippen molar-refractivity contribution >= 4 is 28.6 Å². The first-order valence-corrected chi connectivity index (χ1v) is 6.66. The van der Waals surface area contributed by atoms with Gasteiger partial charge in [-0.2, -0.15) is 0 Å². The summed E-state index contributed by atoms with van der Waals surface area (Å²) in [5, 5.41) is 14.3. The number of carboxylic acid groups (broad SMARTS) is 1. The third-order valence-electron chi connectivity index (χ3n) is 2.15. The molecule has 0 aliphatic heterocycles. The molecule has 2 aromatic rings. The van der Waals surface area contributed by atoms with E-state index in [9.17, 15) is 4.79 Å². The number of carboxylic acids is 1. The van der Waals surface area contributed by atoms with Crippen LogP contribution in [0.15, 0.2) is 10.8 Å². The van der Waals surface area contributed by atoms with Crippen LogP contribution in [-0.4, -0.2) is 21.0 Å². The van der Waals surface area contributed by atoms with E-state index in [2.05, 4.69) is 9.97 Å². The fourth-order valence-corrected chi connectivity index (χ4v) is 2.78. The molecule has 0 radical (unpaired) electrons. The van der Waals surface area contributed by atoms with E-state index in [-0.39, 0.29) is 0 Å². The van der Waals surface area contributed by atoms with Crippen molar-refractivity contribution in [2.24, 2.45) is 5.73 Å². The highest BCUT2D eigenvalue weighted by Crippen LogP contribution is 2.19. The van der Waals surface area contributed by atoms with Crippen LogP contribution in [0.4, 0.5) is 0 Å². The molecule has 7 heteroatoms. The molecule has 0 saturated carbocycles. The van der Waals surface area contributed by atoms with Gasteiger partial charge in [0.2, 0.25) is 0 Å². The van der Waals surface area contributed by atoms with Crippen molar-refractivity contribution in [1.29, 1.82) is 0 Å². The highest BCUT2D eigenvalue weighted by Gasteiger charge is 2.17. The normalized spacial score (nSPS) is 12.6. The summed E-state index contributed by atoms with van der Waals surface area (Å²) in [5.41, 5.74) is 6.84. The van der Waals surface area contributed by atoms with Crippen LogP contribution in [0.5, 0.6) is 0 Å². The molecule has 2 aromatic heterocycles. The minimum Gasteiger partial charge on any atom is -0.480 e. The molecule has 0 fully saturated rings. The highest BCUT2D eigenvalue weighted by molar-refractivity contribution is 7.10. The summed E-state index contributed by atoms with van der Waals surface area (Å²) in [4.78, 5) is 19.2. The van der Waals surface area contributed by atoms with Crippen LogP contribution in [0.3, 0.4) is 0 Å². The summed E-state index contributed by atoms with van der Waals surface area (Å²) in [6.45, 7) is 1.95. The van der Waals surface area contributed by atoms with Gasteiger partial charge in [-0.15, -0.1) is 22.7 Å². The van der Waals surface area contributed by atoms with Crippen molar-refractivity contribution in [3.63, 3.8) is 0 Å². The average molecular weight is 269 g/mol. The Labute approximate surface area is 106 Å². The lowest BCUT2D eigenvalue weighted by Gasteiger charge is -2.00. The van der Waals surface area contributed by atoms with Gasteiger partial charge in [0, 0.05) is 17.2 Å². The summed E-state index contributed by atoms with van der Waals surface area (Å²) in [6.07, 6.45) is 0.626. The number of rotatable bonds is 4. The predicted octanol–water partition coefficient (Wildman–Crippen LogP) is 1.58. The summed E-state index contributed by atoms with van der Waals surface area (Å²) in [7, 11) is 0. The lowest BCUT2D eigenvalue weighted by Crippen LogP contribution is -2.20. The molecule has 17 heavy (non-hydrogen) atoms. The summed E-state index contributed by atoms with van der Waals surface area (Å²) in [6, 6.07) is -1.04. The van der Waals surface area contributed by atoms with Crippen molar-refractivity contribution in [2.75, 3.05) is 0 Å². The first kappa shape index (κ1) is 12.2. The second-order valence-corrected chi connectivity index (χ2v) is 5.52. The number of hydrogen-bond acceptors (Lipinski definition) is 6. The number of carbonyl (C=O) groups is 1. The van der Waals surface area contributed by atoms with Crippen LogP contribution in [0.2, 0.25) is 0 Å². The number of aliphatic carboxylic acids is 1. The molecule has 0 bridgehead atoms. The Kier molecular flexibility index (Phi) is 3.51. The number of thiazole rings is 2. The molecule has 0 aliphatic rings. The van der Waals surface area contributed by atoms with Gasteiger partial charge in [0.25, 0.3) is 0 Å². The topological polar surface area (TPSA) is 89.1 Å². The van der Waals surface area contributed by atoms with Gasteiger partial charge in [-0.3, -0.25) is 4.79 Å². The average Bonchev–Trinajstić information content (AvgIpc) is 2.87. The van der Waals surface area contributed by atoms with Crippen LogP contribution >= 0.6 is 22.7 Å². The molecule has 0 saturated heterocycles. The third-order valence-corrected chi connectivity index (χ3v) is 3.84. The van der Waals surface area contributed by atoms with E-state index in [4.69, 9.17) is 10.8 Å². The molecule has 2 heterocycles. The molecular formula is C10H11N3O2S2. The van der Waals surface area contributed by atoms with Gasteiger partial charge in [0.15, 0.2) is 0 Å². The Bertz CT molecular complexity index is 535. The van der Waals surface area contributed by atoms with Gasteiger partial charge >= 0.3 is 5.97 Å². The van der Waals surface area contributed by atoms with E-state index >= 15 is 0 Å². The van der Waals surface area contributed by atoms with Crippen molar-refractivity contribution in [1.82, 2.24) is 9.97 Å². The number of aryl methyl sites for hydroxylation is 1. The molecule has 2 rings (SSSR count). The lowest BCUT2D eigenvalue weighted by molar-refractivity contribution is -0.138. The maximum Gasteiger partial charge on any atom is 0.326 e.